The molecule has 0 spiro atoms. The van der Waals surface area contributed by atoms with Gasteiger partial charge in [0.05, 0.1) is 39.4 Å². The first-order chi connectivity index (χ1) is 12.5. The van der Waals surface area contributed by atoms with Crippen LogP contribution in [0, 0.1) is 13.8 Å². The molecule has 0 N–H and O–H groups in total. The number of hydrogen-bond acceptors (Lipinski definition) is 6. The summed E-state index contributed by atoms with van der Waals surface area (Å²) in [6.45, 7) is 3.86. The van der Waals surface area contributed by atoms with Crippen molar-refractivity contribution in [1.82, 2.24) is 24.7 Å². The zero-order valence-electron chi connectivity index (χ0n) is 14.7. The third kappa shape index (κ3) is 3.01. The molecule has 7 heteroatoms. The van der Waals surface area contributed by atoms with E-state index in [0.29, 0.717) is 10.6 Å². The van der Waals surface area contributed by atoms with Gasteiger partial charge in [-0.2, -0.15) is 10.2 Å². The Morgan fingerprint density at radius 2 is 1.96 bits per heavy atom. The first kappa shape index (κ1) is 16.5. The number of nitrogens with zero attached hydrogens (tertiary/aromatic N) is 5. The average Bonchev–Trinajstić information content (AvgIpc) is 3.21. The molecule has 0 aliphatic heterocycles. The normalized spacial score (nSPS) is 11.2. The largest absolute Gasteiger partial charge is 0.331 e. The van der Waals surface area contributed by atoms with E-state index in [9.17, 15) is 4.79 Å². The van der Waals surface area contributed by atoms with Crippen molar-refractivity contribution in [3.8, 4) is 11.3 Å². The first-order valence-electron chi connectivity index (χ1n) is 8.22. The Hall–Kier alpha value is -2.93. The van der Waals surface area contributed by atoms with E-state index in [0.717, 1.165) is 33.0 Å². The molecular weight excluding hydrogens is 346 g/mol. The van der Waals surface area contributed by atoms with Crippen LogP contribution in [0.25, 0.3) is 22.2 Å². The molecule has 26 heavy (non-hydrogen) atoms. The van der Waals surface area contributed by atoms with Gasteiger partial charge < -0.3 is 4.57 Å². The molecule has 3 aromatic heterocycles. The standard InChI is InChI=1S/C19H17N5OS/c1-11-20-9-17(24(11)3)13-4-5-16-14(6-13)7-15(22-23-16)8-18(25)19-10-21-12(2)26-19/h4-7,9-10H,8H2,1-3H3. The molecule has 1 aromatic carbocycles. The van der Waals surface area contributed by atoms with Crippen LogP contribution in [0.1, 0.15) is 26.2 Å². The highest BCUT2D eigenvalue weighted by molar-refractivity contribution is 7.13. The Balaban J connectivity index is 1.67. The van der Waals surface area contributed by atoms with Crippen LogP contribution >= 0.6 is 11.3 Å². The molecule has 0 saturated heterocycles. The number of benzene rings is 1. The SMILES string of the molecule is Cc1ncc(C(=O)Cc2cc3cc(-c4cnc(C)n4C)ccc3nn2)s1. The lowest BCUT2D eigenvalue weighted by molar-refractivity contribution is 0.0995. The highest BCUT2D eigenvalue weighted by atomic mass is 32.1. The highest BCUT2D eigenvalue weighted by Gasteiger charge is 2.13. The van der Waals surface area contributed by atoms with Crippen molar-refractivity contribution in [3.05, 3.63) is 58.1 Å². The van der Waals surface area contributed by atoms with E-state index in [-0.39, 0.29) is 12.2 Å². The summed E-state index contributed by atoms with van der Waals surface area (Å²) in [6, 6.07) is 7.95. The lowest BCUT2D eigenvalue weighted by Gasteiger charge is -2.06. The minimum absolute atomic E-state index is 0.0164. The fourth-order valence-electron chi connectivity index (χ4n) is 2.85. The zero-order chi connectivity index (χ0) is 18.3. The van der Waals surface area contributed by atoms with Crippen molar-refractivity contribution in [2.75, 3.05) is 0 Å². The molecule has 3 heterocycles. The van der Waals surface area contributed by atoms with Crippen LogP contribution < -0.4 is 0 Å². The topological polar surface area (TPSA) is 73.6 Å². The van der Waals surface area contributed by atoms with Gasteiger partial charge in [-0.05, 0) is 32.0 Å². The fourth-order valence-corrected chi connectivity index (χ4v) is 3.56. The summed E-state index contributed by atoms with van der Waals surface area (Å²) in [4.78, 5) is 21.5. The van der Waals surface area contributed by atoms with Gasteiger partial charge >= 0.3 is 0 Å². The highest BCUT2D eigenvalue weighted by Crippen LogP contribution is 2.24. The summed E-state index contributed by atoms with van der Waals surface area (Å²) in [6.07, 6.45) is 3.71. The van der Waals surface area contributed by atoms with Gasteiger partial charge in [0.25, 0.3) is 0 Å². The minimum Gasteiger partial charge on any atom is -0.331 e. The number of carbonyl (C=O) groups is 1. The van der Waals surface area contributed by atoms with Gasteiger partial charge in [0.15, 0.2) is 5.78 Å². The minimum atomic E-state index is 0.0164. The van der Waals surface area contributed by atoms with Crippen LogP contribution in [0.15, 0.2) is 36.7 Å². The predicted octanol–water partition coefficient (Wildman–Crippen LogP) is 3.53. The maximum Gasteiger partial charge on any atom is 0.180 e. The number of thiazole rings is 1. The molecule has 0 unspecified atom stereocenters. The monoisotopic (exact) mass is 363 g/mol. The Morgan fingerprint density at radius 3 is 2.65 bits per heavy atom. The average molecular weight is 363 g/mol. The quantitative estimate of drug-likeness (QED) is 0.519. The van der Waals surface area contributed by atoms with Gasteiger partial charge in [-0.3, -0.25) is 4.79 Å². The second-order valence-electron chi connectivity index (χ2n) is 6.20. The van der Waals surface area contributed by atoms with Crippen LogP contribution in [-0.4, -0.2) is 30.5 Å². The molecule has 0 saturated carbocycles. The first-order valence-corrected chi connectivity index (χ1v) is 9.03. The molecule has 0 amide bonds. The Labute approximate surface area is 154 Å². The fraction of sp³-hybridized carbons (Fsp3) is 0.211. The Bertz CT molecular complexity index is 1130. The van der Waals surface area contributed by atoms with Crippen molar-refractivity contribution in [3.63, 3.8) is 0 Å². The molecular formula is C19H17N5OS. The molecule has 4 rings (SSSR count). The number of Topliss-reactive ketones (excluding diaryl/α,β-unsaturated/α-hetero) is 1. The number of aryl methyl sites for hydroxylation is 2. The third-order valence-corrected chi connectivity index (χ3v) is 5.34. The van der Waals surface area contributed by atoms with Crippen LogP contribution in [0.2, 0.25) is 0 Å². The van der Waals surface area contributed by atoms with Crippen molar-refractivity contribution < 1.29 is 4.79 Å². The molecule has 0 atom stereocenters. The van der Waals surface area contributed by atoms with Crippen molar-refractivity contribution in [2.45, 2.75) is 20.3 Å². The number of fused-ring (bicyclic) bond motifs is 1. The van der Waals surface area contributed by atoms with E-state index in [1.807, 2.05) is 49.9 Å². The number of rotatable bonds is 4. The number of carbonyl (C=O) groups excluding carboxylic acids is 1. The number of hydrogen-bond donors (Lipinski definition) is 0. The molecule has 0 bridgehead atoms. The summed E-state index contributed by atoms with van der Waals surface area (Å²) in [5, 5.41) is 10.3. The van der Waals surface area contributed by atoms with Crippen molar-refractivity contribution >= 4 is 28.0 Å². The van der Waals surface area contributed by atoms with E-state index >= 15 is 0 Å². The van der Waals surface area contributed by atoms with Crippen molar-refractivity contribution in [1.29, 1.82) is 0 Å². The van der Waals surface area contributed by atoms with Crippen LogP contribution in [0.3, 0.4) is 0 Å². The molecule has 0 aliphatic carbocycles. The van der Waals surface area contributed by atoms with E-state index in [2.05, 4.69) is 26.2 Å². The number of ketones is 1. The predicted molar refractivity (Wildman–Crippen MR) is 101 cm³/mol. The van der Waals surface area contributed by atoms with Crippen LogP contribution in [0.4, 0.5) is 0 Å². The van der Waals surface area contributed by atoms with Crippen molar-refractivity contribution in [2.24, 2.45) is 7.05 Å². The molecule has 4 aromatic rings. The number of imidazole rings is 1. The van der Waals surface area contributed by atoms with Gasteiger partial charge in [0.2, 0.25) is 0 Å². The van der Waals surface area contributed by atoms with E-state index in [4.69, 9.17) is 0 Å². The Kier molecular flexibility index (Phi) is 4.08. The van der Waals surface area contributed by atoms with Gasteiger partial charge in [-0.15, -0.1) is 11.3 Å². The molecule has 0 radical (unpaired) electrons. The van der Waals surface area contributed by atoms with Crippen LogP contribution in [-0.2, 0) is 13.5 Å². The molecule has 0 fully saturated rings. The van der Waals surface area contributed by atoms with Gasteiger partial charge in [0.1, 0.15) is 5.82 Å². The van der Waals surface area contributed by atoms with Gasteiger partial charge in [-0.25, -0.2) is 9.97 Å². The zero-order valence-corrected chi connectivity index (χ0v) is 15.5. The van der Waals surface area contributed by atoms with E-state index in [1.165, 1.54) is 11.3 Å². The summed E-state index contributed by atoms with van der Waals surface area (Å²) in [5.74, 6) is 0.974. The molecule has 130 valence electrons. The van der Waals surface area contributed by atoms with E-state index < -0.39 is 0 Å². The second-order valence-corrected chi connectivity index (χ2v) is 7.44. The lowest BCUT2D eigenvalue weighted by atomic mass is 10.1. The maximum atomic E-state index is 12.4. The maximum absolute atomic E-state index is 12.4. The van der Waals surface area contributed by atoms with Gasteiger partial charge in [-0.1, -0.05) is 6.07 Å². The summed E-state index contributed by atoms with van der Waals surface area (Å²) >= 11 is 1.40. The summed E-state index contributed by atoms with van der Waals surface area (Å²) in [5.41, 5.74) is 3.56. The van der Waals surface area contributed by atoms with Crippen LogP contribution in [0.5, 0.6) is 0 Å². The lowest BCUT2D eigenvalue weighted by Crippen LogP contribution is -2.04. The smallest absolute Gasteiger partial charge is 0.180 e. The summed E-state index contributed by atoms with van der Waals surface area (Å²) in [7, 11) is 1.99. The number of aromatic nitrogens is 5. The summed E-state index contributed by atoms with van der Waals surface area (Å²) < 4.78 is 2.05. The molecule has 0 aliphatic rings. The second kappa shape index (κ2) is 6.42. The van der Waals surface area contributed by atoms with Gasteiger partial charge in [0, 0.05) is 24.2 Å². The van der Waals surface area contributed by atoms with E-state index in [1.54, 1.807) is 6.20 Å². The molecule has 6 nitrogen and oxygen atoms in total. The Morgan fingerprint density at radius 1 is 1.12 bits per heavy atom. The third-order valence-electron chi connectivity index (χ3n) is 4.39.